The molecule has 0 saturated heterocycles. The molecule has 1 unspecified atom stereocenters. The highest BCUT2D eigenvalue weighted by Gasteiger charge is 2.34. The van der Waals surface area contributed by atoms with Crippen molar-refractivity contribution in [1.29, 1.82) is 0 Å². The Morgan fingerprint density at radius 2 is 2.00 bits per heavy atom. The van der Waals surface area contributed by atoms with Crippen LogP contribution in [0.2, 0.25) is 0 Å². The van der Waals surface area contributed by atoms with Gasteiger partial charge in [0, 0.05) is 12.6 Å². The number of benzene rings is 1. The fourth-order valence-electron chi connectivity index (χ4n) is 2.14. The molecule has 2 aromatic rings. The number of thiophene rings is 1. The molecular formula is C12H11NO3S2. The summed E-state index contributed by atoms with van der Waals surface area (Å²) in [7, 11) is -2.08. The quantitative estimate of drug-likeness (QED) is 0.803. The van der Waals surface area contributed by atoms with E-state index in [4.69, 9.17) is 0 Å². The molecule has 18 heavy (non-hydrogen) atoms. The van der Waals surface area contributed by atoms with Crippen LogP contribution in [-0.4, -0.2) is 20.6 Å². The number of rotatable bonds is 0. The molecule has 94 valence electrons. The maximum Gasteiger partial charge on any atom is 0.264 e. The first-order chi connectivity index (χ1) is 8.53. The Balaban J connectivity index is 2.40. The van der Waals surface area contributed by atoms with Crippen molar-refractivity contribution in [3.8, 4) is 0 Å². The molecule has 3 rings (SSSR count). The lowest BCUT2D eigenvalue weighted by Gasteiger charge is -2.17. The molecule has 1 N–H and O–H groups in total. The predicted octanol–water partition coefficient (Wildman–Crippen LogP) is 1.97. The smallest absolute Gasteiger partial charge is 0.264 e. The van der Waals surface area contributed by atoms with Gasteiger partial charge in [-0.15, -0.1) is 11.3 Å². The fraction of sp³-hybridized carbons (Fsp3) is 0.167. The zero-order valence-corrected chi connectivity index (χ0v) is 11.2. The third kappa shape index (κ3) is 1.43. The SMILES string of the molecule is CN1c2ccsc2C(O)c2ccccc2S1(=O)=O. The highest BCUT2D eigenvalue weighted by molar-refractivity contribution is 7.92. The third-order valence-corrected chi connectivity index (χ3v) is 5.92. The number of sulfonamides is 1. The second-order valence-corrected chi connectivity index (χ2v) is 6.97. The molecule has 1 aromatic carbocycles. The Morgan fingerprint density at radius 3 is 2.78 bits per heavy atom. The highest BCUT2D eigenvalue weighted by atomic mass is 32.2. The molecule has 1 aliphatic rings. The van der Waals surface area contributed by atoms with E-state index in [-0.39, 0.29) is 4.90 Å². The van der Waals surface area contributed by atoms with Crippen LogP contribution in [0.25, 0.3) is 0 Å². The third-order valence-electron chi connectivity index (χ3n) is 3.11. The molecule has 0 amide bonds. The second-order valence-electron chi connectivity index (χ2n) is 4.08. The van der Waals surface area contributed by atoms with Crippen molar-refractivity contribution in [2.45, 2.75) is 11.0 Å². The zero-order valence-electron chi connectivity index (χ0n) is 9.57. The molecule has 0 bridgehead atoms. The van der Waals surface area contributed by atoms with E-state index < -0.39 is 16.1 Å². The summed E-state index contributed by atoms with van der Waals surface area (Å²) >= 11 is 1.36. The number of hydrogen-bond donors (Lipinski definition) is 1. The van der Waals surface area contributed by atoms with Gasteiger partial charge in [-0.1, -0.05) is 18.2 Å². The van der Waals surface area contributed by atoms with Gasteiger partial charge in [-0.3, -0.25) is 4.31 Å². The van der Waals surface area contributed by atoms with Gasteiger partial charge in [0.25, 0.3) is 10.0 Å². The molecule has 0 aliphatic carbocycles. The lowest BCUT2D eigenvalue weighted by molar-refractivity contribution is 0.222. The maximum atomic E-state index is 12.4. The van der Waals surface area contributed by atoms with Crippen LogP contribution in [0.1, 0.15) is 16.5 Å². The number of aliphatic hydroxyl groups is 1. The zero-order chi connectivity index (χ0) is 12.9. The topological polar surface area (TPSA) is 57.6 Å². The number of anilines is 1. The largest absolute Gasteiger partial charge is 0.383 e. The molecule has 0 spiro atoms. The van der Waals surface area contributed by atoms with E-state index in [9.17, 15) is 13.5 Å². The maximum absolute atomic E-state index is 12.4. The van der Waals surface area contributed by atoms with Crippen molar-refractivity contribution in [3.05, 3.63) is 46.2 Å². The monoisotopic (exact) mass is 281 g/mol. The van der Waals surface area contributed by atoms with Crippen molar-refractivity contribution in [2.75, 3.05) is 11.4 Å². The molecular weight excluding hydrogens is 270 g/mol. The summed E-state index contributed by atoms with van der Waals surface area (Å²) in [6.45, 7) is 0. The van der Waals surface area contributed by atoms with Gasteiger partial charge < -0.3 is 5.11 Å². The van der Waals surface area contributed by atoms with Gasteiger partial charge in [0.2, 0.25) is 0 Å². The van der Waals surface area contributed by atoms with Crippen LogP contribution in [0, 0.1) is 0 Å². The van der Waals surface area contributed by atoms with Crippen LogP contribution in [0.5, 0.6) is 0 Å². The van der Waals surface area contributed by atoms with E-state index in [1.807, 2.05) is 0 Å². The summed E-state index contributed by atoms with van der Waals surface area (Å²) in [5.41, 5.74) is 0.981. The Morgan fingerprint density at radius 1 is 1.28 bits per heavy atom. The van der Waals surface area contributed by atoms with E-state index in [0.717, 1.165) is 0 Å². The molecule has 0 radical (unpaired) electrons. The van der Waals surface area contributed by atoms with Crippen LogP contribution in [-0.2, 0) is 10.0 Å². The van der Waals surface area contributed by atoms with Gasteiger partial charge in [-0.25, -0.2) is 8.42 Å². The van der Waals surface area contributed by atoms with Crippen LogP contribution in [0.15, 0.2) is 40.6 Å². The van der Waals surface area contributed by atoms with Gasteiger partial charge in [-0.2, -0.15) is 0 Å². The summed E-state index contributed by atoms with van der Waals surface area (Å²) < 4.78 is 26.1. The van der Waals surface area contributed by atoms with Gasteiger partial charge in [0.1, 0.15) is 6.10 Å². The molecule has 4 nitrogen and oxygen atoms in total. The number of aliphatic hydroxyl groups excluding tert-OH is 1. The van der Waals surface area contributed by atoms with Gasteiger partial charge >= 0.3 is 0 Å². The lowest BCUT2D eigenvalue weighted by Crippen LogP contribution is -2.26. The first kappa shape index (κ1) is 11.7. The average molecular weight is 281 g/mol. The molecule has 6 heteroatoms. The van der Waals surface area contributed by atoms with Crippen LogP contribution in [0.4, 0.5) is 5.69 Å². The molecule has 1 aromatic heterocycles. The van der Waals surface area contributed by atoms with E-state index >= 15 is 0 Å². The molecule has 0 saturated carbocycles. The Hall–Kier alpha value is -1.37. The summed E-state index contributed by atoms with van der Waals surface area (Å²) in [6.07, 6.45) is -0.893. The van der Waals surface area contributed by atoms with Crippen LogP contribution in [0.3, 0.4) is 0 Å². The summed E-state index contributed by atoms with van der Waals surface area (Å²) in [5.74, 6) is 0. The second kappa shape index (κ2) is 3.81. The van der Waals surface area contributed by atoms with Gasteiger partial charge in [0.15, 0.2) is 0 Å². The highest BCUT2D eigenvalue weighted by Crippen LogP contribution is 2.42. The molecule has 1 atom stereocenters. The number of nitrogens with zero attached hydrogens (tertiary/aromatic N) is 1. The fourth-order valence-corrected chi connectivity index (χ4v) is 4.56. The standard InChI is InChI=1S/C12H11NO3S2/c1-13-9-6-7-17-12(9)11(14)8-4-2-3-5-10(8)18(13,15)16/h2-7,11,14H,1H3. The molecule has 2 heterocycles. The van der Waals surface area contributed by atoms with Crippen molar-refractivity contribution in [1.82, 2.24) is 0 Å². The Bertz CT molecular complexity index is 706. The summed E-state index contributed by atoms with van der Waals surface area (Å²) in [6, 6.07) is 8.29. The minimum absolute atomic E-state index is 0.170. The van der Waals surface area contributed by atoms with E-state index in [2.05, 4.69) is 0 Å². The van der Waals surface area contributed by atoms with Crippen molar-refractivity contribution in [3.63, 3.8) is 0 Å². The predicted molar refractivity (Wildman–Crippen MR) is 70.4 cm³/mol. The Labute approximate surface area is 109 Å². The van der Waals surface area contributed by atoms with E-state index in [1.165, 1.54) is 28.8 Å². The minimum atomic E-state index is -3.59. The number of fused-ring (bicyclic) bond motifs is 2. The summed E-state index contributed by atoms with van der Waals surface area (Å²) in [4.78, 5) is 0.828. The first-order valence-corrected chi connectivity index (χ1v) is 7.69. The molecule has 0 fully saturated rings. The Kier molecular flexibility index (Phi) is 2.48. The number of hydrogen-bond acceptors (Lipinski definition) is 4. The van der Waals surface area contributed by atoms with Gasteiger partial charge in [-0.05, 0) is 17.5 Å². The van der Waals surface area contributed by atoms with Crippen LogP contribution >= 0.6 is 11.3 Å². The summed E-state index contributed by atoms with van der Waals surface area (Å²) in [5, 5.41) is 12.1. The van der Waals surface area contributed by atoms with Crippen molar-refractivity contribution >= 4 is 27.0 Å². The first-order valence-electron chi connectivity index (χ1n) is 5.37. The lowest BCUT2D eigenvalue weighted by atomic mass is 10.1. The van der Waals surface area contributed by atoms with E-state index in [0.29, 0.717) is 16.1 Å². The van der Waals surface area contributed by atoms with Crippen LogP contribution < -0.4 is 4.31 Å². The average Bonchev–Trinajstić information content (AvgIpc) is 2.83. The van der Waals surface area contributed by atoms with Gasteiger partial charge in [0.05, 0.1) is 15.5 Å². The molecule has 1 aliphatic heterocycles. The minimum Gasteiger partial charge on any atom is -0.383 e. The van der Waals surface area contributed by atoms with E-state index in [1.54, 1.807) is 29.6 Å². The van der Waals surface area contributed by atoms with Crippen molar-refractivity contribution < 1.29 is 13.5 Å². The normalized spacial score (nSPS) is 21.0. The van der Waals surface area contributed by atoms with Crippen molar-refractivity contribution in [2.24, 2.45) is 0 Å².